The van der Waals surface area contributed by atoms with E-state index < -0.39 is 5.79 Å². The van der Waals surface area contributed by atoms with Crippen LogP contribution in [0.4, 0.5) is 0 Å². The standard InChI is InChI=1S/C13H21NO3/c1-2-12(5-6-12)11(15)14-7-3-4-13(10-14)16-8-9-17-13/h2-10H2,1H3. The summed E-state index contributed by atoms with van der Waals surface area (Å²) in [4.78, 5) is 14.4. The van der Waals surface area contributed by atoms with Gasteiger partial charge < -0.3 is 14.4 Å². The van der Waals surface area contributed by atoms with Crippen LogP contribution in [0.2, 0.25) is 0 Å². The lowest BCUT2D eigenvalue weighted by Crippen LogP contribution is -2.52. The molecule has 0 aromatic carbocycles. The van der Waals surface area contributed by atoms with Crippen LogP contribution in [0.3, 0.4) is 0 Å². The molecule has 0 aromatic heterocycles. The molecule has 1 amide bonds. The smallest absolute Gasteiger partial charge is 0.228 e. The van der Waals surface area contributed by atoms with Gasteiger partial charge in [-0.2, -0.15) is 0 Å². The van der Waals surface area contributed by atoms with Crippen molar-refractivity contribution in [1.29, 1.82) is 0 Å². The Bertz CT molecular complexity index is 319. The average molecular weight is 239 g/mol. The fourth-order valence-electron chi connectivity index (χ4n) is 3.10. The molecule has 0 N–H and O–H groups in total. The minimum atomic E-state index is -0.474. The zero-order valence-corrected chi connectivity index (χ0v) is 10.5. The molecule has 1 saturated carbocycles. The number of hydrogen-bond acceptors (Lipinski definition) is 3. The summed E-state index contributed by atoms with van der Waals surface area (Å²) in [6, 6.07) is 0. The Labute approximate surface area is 102 Å². The van der Waals surface area contributed by atoms with Crippen LogP contribution in [0.1, 0.15) is 39.0 Å². The normalized spacial score (nSPS) is 29.6. The van der Waals surface area contributed by atoms with Gasteiger partial charge in [-0.1, -0.05) is 6.92 Å². The molecule has 1 aliphatic carbocycles. The molecule has 17 heavy (non-hydrogen) atoms. The Balaban J connectivity index is 1.69. The van der Waals surface area contributed by atoms with Gasteiger partial charge in [-0.25, -0.2) is 0 Å². The summed E-state index contributed by atoms with van der Waals surface area (Å²) in [5, 5.41) is 0. The summed E-state index contributed by atoms with van der Waals surface area (Å²) in [7, 11) is 0. The van der Waals surface area contributed by atoms with Crippen molar-refractivity contribution in [2.75, 3.05) is 26.3 Å². The van der Waals surface area contributed by atoms with E-state index in [0.717, 1.165) is 38.6 Å². The maximum atomic E-state index is 12.5. The Kier molecular flexibility index (Phi) is 2.67. The van der Waals surface area contributed by atoms with E-state index in [1.807, 2.05) is 4.90 Å². The Morgan fingerprint density at radius 2 is 1.94 bits per heavy atom. The van der Waals surface area contributed by atoms with Gasteiger partial charge in [-0.05, 0) is 25.7 Å². The lowest BCUT2D eigenvalue weighted by atomic mass is 9.98. The molecule has 0 unspecified atom stereocenters. The summed E-state index contributed by atoms with van der Waals surface area (Å²) in [6.07, 6.45) is 5.01. The van der Waals surface area contributed by atoms with Gasteiger partial charge in [0.25, 0.3) is 0 Å². The summed E-state index contributed by atoms with van der Waals surface area (Å²) in [6.45, 7) is 4.96. The van der Waals surface area contributed by atoms with Crippen molar-refractivity contribution < 1.29 is 14.3 Å². The number of hydrogen-bond donors (Lipinski definition) is 0. The number of carbonyl (C=O) groups is 1. The first kappa shape index (κ1) is 11.5. The number of nitrogens with zero attached hydrogens (tertiary/aromatic N) is 1. The van der Waals surface area contributed by atoms with Gasteiger partial charge in [-0.3, -0.25) is 4.79 Å². The second kappa shape index (κ2) is 3.95. The van der Waals surface area contributed by atoms with E-state index in [4.69, 9.17) is 9.47 Å². The number of likely N-dealkylation sites (tertiary alicyclic amines) is 1. The van der Waals surface area contributed by atoms with E-state index >= 15 is 0 Å². The maximum absolute atomic E-state index is 12.5. The average Bonchev–Trinajstić information content (AvgIpc) is 3.05. The molecule has 0 atom stereocenters. The number of carbonyl (C=O) groups excluding carboxylic acids is 1. The maximum Gasteiger partial charge on any atom is 0.228 e. The number of amides is 1. The molecule has 0 radical (unpaired) electrons. The molecule has 3 fully saturated rings. The summed E-state index contributed by atoms with van der Waals surface area (Å²) in [5.74, 6) is -0.143. The van der Waals surface area contributed by atoms with Crippen LogP contribution in [0, 0.1) is 5.41 Å². The van der Waals surface area contributed by atoms with Crippen molar-refractivity contribution in [3.05, 3.63) is 0 Å². The van der Waals surface area contributed by atoms with Gasteiger partial charge in [0.05, 0.1) is 19.8 Å². The van der Waals surface area contributed by atoms with Crippen molar-refractivity contribution in [2.45, 2.75) is 44.8 Å². The van der Waals surface area contributed by atoms with Crippen LogP contribution >= 0.6 is 0 Å². The summed E-state index contributed by atoms with van der Waals surface area (Å²) < 4.78 is 11.4. The summed E-state index contributed by atoms with van der Waals surface area (Å²) >= 11 is 0. The van der Waals surface area contributed by atoms with Crippen LogP contribution in [0.25, 0.3) is 0 Å². The van der Waals surface area contributed by atoms with E-state index in [0.29, 0.717) is 25.7 Å². The molecular formula is C13H21NO3. The monoisotopic (exact) mass is 239 g/mol. The lowest BCUT2D eigenvalue weighted by molar-refractivity contribution is -0.195. The highest BCUT2D eigenvalue weighted by molar-refractivity contribution is 5.85. The predicted molar refractivity (Wildman–Crippen MR) is 62.4 cm³/mol. The molecule has 2 heterocycles. The highest BCUT2D eigenvalue weighted by Gasteiger charge is 2.52. The Hall–Kier alpha value is -0.610. The van der Waals surface area contributed by atoms with Crippen molar-refractivity contribution in [3.8, 4) is 0 Å². The number of piperidine rings is 1. The zero-order valence-electron chi connectivity index (χ0n) is 10.5. The van der Waals surface area contributed by atoms with Gasteiger partial charge in [0.1, 0.15) is 0 Å². The zero-order chi connectivity index (χ0) is 11.9. The number of rotatable bonds is 2. The van der Waals surface area contributed by atoms with E-state index in [-0.39, 0.29) is 5.41 Å². The van der Waals surface area contributed by atoms with Gasteiger partial charge >= 0.3 is 0 Å². The Morgan fingerprint density at radius 3 is 2.53 bits per heavy atom. The first-order chi connectivity index (χ1) is 8.20. The first-order valence-corrected chi connectivity index (χ1v) is 6.77. The second-order valence-electron chi connectivity index (χ2n) is 5.57. The van der Waals surface area contributed by atoms with Crippen LogP contribution in [0.15, 0.2) is 0 Å². The molecule has 4 heteroatoms. The topological polar surface area (TPSA) is 38.8 Å². The van der Waals surface area contributed by atoms with Crippen molar-refractivity contribution in [3.63, 3.8) is 0 Å². The molecule has 2 aliphatic heterocycles. The minimum absolute atomic E-state index is 0.0306. The van der Waals surface area contributed by atoms with E-state index in [1.54, 1.807) is 0 Å². The largest absolute Gasteiger partial charge is 0.346 e. The summed E-state index contributed by atoms with van der Waals surface area (Å²) in [5.41, 5.74) is -0.0306. The molecule has 3 rings (SSSR count). The van der Waals surface area contributed by atoms with E-state index in [1.165, 1.54) is 0 Å². The first-order valence-electron chi connectivity index (χ1n) is 6.77. The van der Waals surface area contributed by atoms with Crippen molar-refractivity contribution >= 4 is 5.91 Å². The van der Waals surface area contributed by atoms with Crippen LogP contribution < -0.4 is 0 Å². The second-order valence-corrected chi connectivity index (χ2v) is 5.57. The highest BCUT2D eigenvalue weighted by Crippen LogP contribution is 2.50. The Morgan fingerprint density at radius 1 is 1.24 bits per heavy atom. The van der Waals surface area contributed by atoms with E-state index in [2.05, 4.69) is 6.92 Å². The third kappa shape index (κ3) is 1.87. The predicted octanol–water partition coefficient (Wildman–Crippen LogP) is 1.54. The van der Waals surface area contributed by atoms with Gasteiger partial charge in [0.15, 0.2) is 5.79 Å². The van der Waals surface area contributed by atoms with Gasteiger partial charge in [-0.15, -0.1) is 0 Å². The molecule has 0 aromatic rings. The molecule has 1 spiro atoms. The van der Waals surface area contributed by atoms with Gasteiger partial charge in [0.2, 0.25) is 5.91 Å². The van der Waals surface area contributed by atoms with Crippen LogP contribution in [-0.2, 0) is 14.3 Å². The minimum Gasteiger partial charge on any atom is -0.346 e. The molecule has 2 saturated heterocycles. The van der Waals surface area contributed by atoms with Crippen molar-refractivity contribution in [1.82, 2.24) is 4.90 Å². The quantitative estimate of drug-likeness (QED) is 0.733. The van der Waals surface area contributed by atoms with Gasteiger partial charge in [0, 0.05) is 18.4 Å². The molecule has 3 aliphatic rings. The highest BCUT2D eigenvalue weighted by atomic mass is 16.7. The fraction of sp³-hybridized carbons (Fsp3) is 0.923. The SMILES string of the molecule is CCC1(C(=O)N2CCCC3(C2)OCCO3)CC1. The van der Waals surface area contributed by atoms with Crippen molar-refractivity contribution in [2.24, 2.45) is 5.41 Å². The van der Waals surface area contributed by atoms with Crippen LogP contribution in [-0.4, -0.2) is 42.9 Å². The fourth-order valence-corrected chi connectivity index (χ4v) is 3.10. The van der Waals surface area contributed by atoms with E-state index in [9.17, 15) is 4.79 Å². The molecular weight excluding hydrogens is 218 g/mol. The number of ether oxygens (including phenoxy) is 2. The molecule has 0 bridgehead atoms. The van der Waals surface area contributed by atoms with Crippen LogP contribution in [0.5, 0.6) is 0 Å². The molecule has 4 nitrogen and oxygen atoms in total. The third-order valence-electron chi connectivity index (χ3n) is 4.50. The lowest BCUT2D eigenvalue weighted by Gasteiger charge is -2.40. The third-order valence-corrected chi connectivity index (χ3v) is 4.50. The molecule has 96 valence electrons.